The van der Waals surface area contributed by atoms with Crippen LogP contribution in [0.15, 0.2) is 53.4 Å². The smallest absolute Gasteiger partial charge is 0.339 e. The number of nitrogens with two attached hydrogens (primary N) is 1. The molecule has 0 bridgehead atoms. The molecule has 0 radical (unpaired) electrons. The fraction of sp³-hybridized carbons (Fsp3) is 0.304. The van der Waals surface area contributed by atoms with Gasteiger partial charge in [-0.1, -0.05) is 38.5 Å². The molecule has 3 rings (SSSR count). The highest BCUT2D eigenvalue weighted by molar-refractivity contribution is 7.89. The summed E-state index contributed by atoms with van der Waals surface area (Å²) in [5, 5.41) is 5.86. The summed E-state index contributed by atoms with van der Waals surface area (Å²) < 4.78 is 33.6. The first kappa shape index (κ1) is 22.7. The Morgan fingerprint density at radius 1 is 1.03 bits per heavy atom. The second-order valence-corrected chi connectivity index (χ2v) is 8.59. The number of hydrogen-bond donors (Lipinski definition) is 1. The number of rotatable bonds is 9. The molecule has 1 aromatic heterocycles. The van der Waals surface area contributed by atoms with Gasteiger partial charge in [-0.15, -0.1) is 0 Å². The summed E-state index contributed by atoms with van der Waals surface area (Å²) in [5.74, 6) is 0.0539. The van der Waals surface area contributed by atoms with Crippen molar-refractivity contribution in [3.63, 3.8) is 0 Å². The van der Waals surface area contributed by atoms with Crippen LogP contribution in [0.4, 0.5) is 0 Å². The minimum absolute atomic E-state index is 0.00539. The maximum atomic E-state index is 13.0. The average Bonchev–Trinajstić information content (AvgIpc) is 2.75. The van der Waals surface area contributed by atoms with Crippen LogP contribution < -0.4 is 9.88 Å². The Labute approximate surface area is 182 Å². The molecule has 164 valence electrons. The summed E-state index contributed by atoms with van der Waals surface area (Å²) in [6.07, 6.45) is 2.42. The molecule has 0 aliphatic rings. The summed E-state index contributed by atoms with van der Waals surface area (Å²) in [4.78, 5) is 17.7. The van der Waals surface area contributed by atoms with Gasteiger partial charge in [-0.2, -0.15) is 0 Å². The Morgan fingerprint density at radius 3 is 2.39 bits per heavy atom. The van der Waals surface area contributed by atoms with E-state index in [0.717, 1.165) is 35.0 Å². The van der Waals surface area contributed by atoms with Crippen LogP contribution in [0, 0.1) is 0 Å². The van der Waals surface area contributed by atoms with E-state index in [1.807, 2.05) is 31.2 Å². The molecule has 0 unspecified atom stereocenters. The zero-order valence-corrected chi connectivity index (χ0v) is 18.4. The van der Waals surface area contributed by atoms with E-state index < -0.39 is 16.0 Å². The molecule has 2 N–H and O–H groups in total. The van der Waals surface area contributed by atoms with Gasteiger partial charge in [0.15, 0.2) is 0 Å². The number of benzene rings is 2. The highest BCUT2D eigenvalue weighted by Gasteiger charge is 2.20. The lowest BCUT2D eigenvalue weighted by atomic mass is 9.96. The molecule has 31 heavy (non-hydrogen) atoms. The van der Waals surface area contributed by atoms with E-state index in [1.54, 1.807) is 0 Å². The molecule has 2 aromatic carbocycles. The molecule has 0 fully saturated rings. The third-order valence-corrected chi connectivity index (χ3v) is 5.79. The predicted octanol–water partition coefficient (Wildman–Crippen LogP) is 3.63. The SMILES string of the molecule is CCCc1nc2ccccc2c(C(=O)OCCOc2ccc(S(N)(=O)=O)cc2)c1CC. The topological polar surface area (TPSA) is 109 Å². The van der Waals surface area contributed by atoms with Crippen LogP contribution in [-0.2, 0) is 27.6 Å². The maximum Gasteiger partial charge on any atom is 0.339 e. The van der Waals surface area contributed by atoms with Gasteiger partial charge < -0.3 is 9.47 Å². The minimum atomic E-state index is -3.75. The Hall–Kier alpha value is -2.97. The number of primary sulfonamides is 1. The summed E-state index contributed by atoms with van der Waals surface area (Å²) in [6, 6.07) is 13.3. The second kappa shape index (κ2) is 9.89. The molecule has 1 heterocycles. The van der Waals surface area contributed by atoms with Crippen molar-refractivity contribution in [1.29, 1.82) is 0 Å². The van der Waals surface area contributed by atoms with Crippen molar-refractivity contribution in [3.8, 4) is 5.75 Å². The quantitative estimate of drug-likeness (QED) is 0.400. The van der Waals surface area contributed by atoms with Gasteiger partial charge >= 0.3 is 5.97 Å². The van der Waals surface area contributed by atoms with E-state index in [0.29, 0.717) is 17.7 Å². The van der Waals surface area contributed by atoms with Crippen LogP contribution in [-0.4, -0.2) is 32.6 Å². The maximum absolute atomic E-state index is 13.0. The van der Waals surface area contributed by atoms with Gasteiger partial charge in [0.05, 0.1) is 16.0 Å². The zero-order valence-electron chi connectivity index (χ0n) is 17.6. The third-order valence-electron chi connectivity index (χ3n) is 4.86. The average molecular weight is 443 g/mol. The first-order valence-corrected chi connectivity index (χ1v) is 11.7. The lowest BCUT2D eigenvalue weighted by Crippen LogP contribution is -2.16. The Balaban J connectivity index is 1.72. The second-order valence-electron chi connectivity index (χ2n) is 7.03. The van der Waals surface area contributed by atoms with Crippen LogP contribution in [0.1, 0.15) is 41.9 Å². The molecule has 0 aliphatic heterocycles. The molecule has 0 saturated heterocycles. The minimum Gasteiger partial charge on any atom is -0.490 e. The lowest BCUT2D eigenvalue weighted by molar-refractivity contribution is 0.0451. The number of aromatic nitrogens is 1. The molecular formula is C23H26N2O5S. The Morgan fingerprint density at radius 2 is 1.74 bits per heavy atom. The van der Waals surface area contributed by atoms with Crippen LogP contribution in [0.5, 0.6) is 5.75 Å². The van der Waals surface area contributed by atoms with Gasteiger partial charge in [0.1, 0.15) is 19.0 Å². The van der Waals surface area contributed by atoms with Gasteiger partial charge in [0, 0.05) is 11.1 Å². The highest BCUT2D eigenvalue weighted by Crippen LogP contribution is 2.26. The first-order valence-electron chi connectivity index (χ1n) is 10.2. The number of fused-ring (bicyclic) bond motifs is 1. The van der Waals surface area contributed by atoms with Gasteiger partial charge in [-0.25, -0.2) is 18.4 Å². The van der Waals surface area contributed by atoms with Crippen molar-refractivity contribution >= 4 is 26.9 Å². The number of carbonyl (C=O) groups is 1. The fourth-order valence-electron chi connectivity index (χ4n) is 3.45. The predicted molar refractivity (Wildman–Crippen MR) is 119 cm³/mol. The van der Waals surface area contributed by atoms with Crippen molar-refractivity contribution in [3.05, 3.63) is 65.4 Å². The van der Waals surface area contributed by atoms with E-state index in [9.17, 15) is 13.2 Å². The van der Waals surface area contributed by atoms with E-state index >= 15 is 0 Å². The molecule has 7 nitrogen and oxygen atoms in total. The van der Waals surface area contributed by atoms with Crippen molar-refractivity contribution in [2.45, 2.75) is 38.0 Å². The molecule has 0 aliphatic carbocycles. The van der Waals surface area contributed by atoms with E-state index in [1.165, 1.54) is 24.3 Å². The van der Waals surface area contributed by atoms with Crippen molar-refractivity contribution in [2.24, 2.45) is 5.14 Å². The van der Waals surface area contributed by atoms with Crippen molar-refractivity contribution in [2.75, 3.05) is 13.2 Å². The monoisotopic (exact) mass is 442 g/mol. The molecule has 0 spiro atoms. The summed E-state index contributed by atoms with van der Waals surface area (Å²) >= 11 is 0. The molecule has 0 amide bonds. The van der Waals surface area contributed by atoms with E-state index in [4.69, 9.17) is 19.6 Å². The number of sulfonamides is 1. The standard InChI is InChI=1S/C23H26N2O5S/c1-3-7-20-18(4-2)22(19-8-5-6-9-21(19)25-20)23(26)30-15-14-29-16-10-12-17(13-11-16)31(24,27)28/h5-6,8-13H,3-4,7,14-15H2,1-2H3,(H2,24,27,28). The molecule has 8 heteroatoms. The van der Waals surface area contributed by atoms with Gasteiger partial charge in [-0.3, -0.25) is 4.98 Å². The van der Waals surface area contributed by atoms with Crippen LogP contribution >= 0.6 is 0 Å². The number of aryl methyl sites for hydroxylation is 1. The Bertz CT molecular complexity index is 1170. The number of nitrogens with zero attached hydrogens (tertiary/aromatic N) is 1. The zero-order chi connectivity index (χ0) is 22.4. The van der Waals surface area contributed by atoms with Crippen molar-refractivity contribution in [1.82, 2.24) is 4.98 Å². The van der Waals surface area contributed by atoms with Crippen LogP contribution in [0.3, 0.4) is 0 Å². The summed E-state index contributed by atoms with van der Waals surface area (Å²) in [6.45, 7) is 4.28. The number of hydrogen-bond acceptors (Lipinski definition) is 6. The fourth-order valence-corrected chi connectivity index (χ4v) is 3.97. The third kappa shape index (κ3) is 5.39. The van der Waals surface area contributed by atoms with Crippen molar-refractivity contribution < 1.29 is 22.7 Å². The molecule has 0 atom stereocenters. The summed E-state index contributed by atoms with van der Waals surface area (Å²) in [7, 11) is -3.75. The Kier molecular flexibility index (Phi) is 7.25. The summed E-state index contributed by atoms with van der Waals surface area (Å²) in [5.41, 5.74) is 3.20. The number of pyridine rings is 1. The molecular weight excluding hydrogens is 416 g/mol. The van der Waals surface area contributed by atoms with Gasteiger partial charge in [0.25, 0.3) is 0 Å². The molecule has 0 saturated carbocycles. The number of para-hydroxylation sites is 1. The number of carbonyl (C=O) groups excluding carboxylic acids is 1. The first-order chi connectivity index (χ1) is 14.8. The number of ether oxygens (including phenoxy) is 2. The van der Waals surface area contributed by atoms with Crippen LogP contribution in [0.25, 0.3) is 10.9 Å². The molecule has 3 aromatic rings. The highest BCUT2D eigenvalue weighted by atomic mass is 32.2. The van der Waals surface area contributed by atoms with Crippen LogP contribution in [0.2, 0.25) is 0 Å². The van der Waals surface area contributed by atoms with E-state index in [-0.39, 0.29) is 18.1 Å². The number of esters is 1. The largest absolute Gasteiger partial charge is 0.490 e. The lowest BCUT2D eigenvalue weighted by Gasteiger charge is -2.15. The van der Waals surface area contributed by atoms with Gasteiger partial charge in [0.2, 0.25) is 10.0 Å². The van der Waals surface area contributed by atoms with Gasteiger partial charge in [-0.05, 0) is 48.7 Å². The normalized spacial score (nSPS) is 11.5. The van der Waals surface area contributed by atoms with E-state index in [2.05, 4.69) is 6.92 Å².